The van der Waals surface area contributed by atoms with Gasteiger partial charge in [-0.25, -0.2) is 0 Å². The van der Waals surface area contributed by atoms with Gasteiger partial charge in [0.25, 0.3) is 5.91 Å². The van der Waals surface area contributed by atoms with E-state index in [9.17, 15) is 4.79 Å². The number of aromatic nitrogens is 2. The highest BCUT2D eigenvalue weighted by Crippen LogP contribution is 2.29. The minimum absolute atomic E-state index is 0.0509. The maximum Gasteiger partial charge on any atom is 0.253 e. The lowest BCUT2D eigenvalue weighted by Crippen LogP contribution is -2.39. The van der Waals surface area contributed by atoms with Crippen molar-refractivity contribution < 1.29 is 14.1 Å². The van der Waals surface area contributed by atoms with Crippen molar-refractivity contribution in [1.82, 2.24) is 15.0 Å². The summed E-state index contributed by atoms with van der Waals surface area (Å²) < 4.78 is 10.8. The summed E-state index contributed by atoms with van der Waals surface area (Å²) in [5, 5.41) is 4.13. The Morgan fingerprint density at radius 1 is 1.21 bits per heavy atom. The molecule has 1 amide bonds. The first-order valence-electron chi connectivity index (χ1n) is 9.48. The summed E-state index contributed by atoms with van der Waals surface area (Å²) in [5.74, 6) is 1.97. The van der Waals surface area contributed by atoms with Crippen LogP contribution in [0.5, 0.6) is 5.75 Å². The molecule has 6 nitrogen and oxygen atoms in total. The number of piperidine rings is 1. The number of ether oxygens (including phenoxy) is 1. The number of rotatable bonds is 4. The molecule has 0 radical (unpaired) electrons. The summed E-state index contributed by atoms with van der Waals surface area (Å²) in [5.41, 5.74) is 2.70. The van der Waals surface area contributed by atoms with Crippen LogP contribution in [-0.2, 0) is 0 Å². The molecule has 0 bridgehead atoms. The molecule has 1 aromatic heterocycles. The number of methoxy groups -OCH3 is 1. The lowest BCUT2D eigenvalue weighted by molar-refractivity contribution is 0.0695. The lowest BCUT2D eigenvalue weighted by atomic mass is 9.97. The van der Waals surface area contributed by atoms with Gasteiger partial charge in [0.1, 0.15) is 5.75 Å². The Hall–Kier alpha value is -3.15. The third-order valence-corrected chi connectivity index (χ3v) is 5.13. The SMILES string of the molecule is COc1cccc(-c2noc([C@@H]3CCCN(C(=O)c4ccc(C)cc4)C3)n2)c1. The van der Waals surface area contributed by atoms with E-state index in [0.717, 1.165) is 36.3 Å². The fourth-order valence-electron chi connectivity index (χ4n) is 3.52. The van der Waals surface area contributed by atoms with Gasteiger partial charge in [0.05, 0.1) is 13.0 Å². The molecule has 6 heteroatoms. The summed E-state index contributed by atoms with van der Waals surface area (Å²) in [6, 6.07) is 15.3. The van der Waals surface area contributed by atoms with E-state index in [2.05, 4.69) is 10.1 Å². The minimum Gasteiger partial charge on any atom is -0.497 e. The second-order valence-corrected chi connectivity index (χ2v) is 7.14. The third kappa shape index (κ3) is 3.76. The largest absolute Gasteiger partial charge is 0.497 e. The molecule has 1 aliphatic heterocycles. The zero-order valence-electron chi connectivity index (χ0n) is 16.1. The van der Waals surface area contributed by atoms with E-state index >= 15 is 0 Å². The van der Waals surface area contributed by atoms with Crippen LogP contribution in [-0.4, -0.2) is 41.1 Å². The summed E-state index contributed by atoms with van der Waals surface area (Å²) in [6.45, 7) is 3.35. The van der Waals surface area contributed by atoms with Gasteiger partial charge in [-0.05, 0) is 44.0 Å². The standard InChI is InChI=1S/C22H23N3O3/c1-15-8-10-16(11-9-15)22(26)25-12-4-6-18(14-25)21-23-20(24-28-21)17-5-3-7-19(13-17)27-2/h3,5,7-11,13,18H,4,6,12,14H2,1-2H3/t18-/m1/s1. The Labute approximate surface area is 164 Å². The fraction of sp³-hybridized carbons (Fsp3) is 0.318. The van der Waals surface area contributed by atoms with Crippen molar-refractivity contribution >= 4 is 5.91 Å². The highest BCUT2D eigenvalue weighted by molar-refractivity contribution is 5.94. The second kappa shape index (κ2) is 7.84. The van der Waals surface area contributed by atoms with Crippen molar-refractivity contribution in [3.05, 3.63) is 65.5 Å². The maximum absolute atomic E-state index is 12.8. The molecule has 2 aromatic carbocycles. The number of likely N-dealkylation sites (tertiary alicyclic amines) is 1. The zero-order chi connectivity index (χ0) is 19.5. The first-order chi connectivity index (χ1) is 13.6. The molecule has 28 heavy (non-hydrogen) atoms. The molecule has 1 aliphatic rings. The van der Waals surface area contributed by atoms with Crippen LogP contribution in [0.25, 0.3) is 11.4 Å². The number of hydrogen-bond donors (Lipinski definition) is 0. The molecule has 4 rings (SSSR count). The normalized spacial score (nSPS) is 16.8. The van der Waals surface area contributed by atoms with Gasteiger partial charge in [0, 0.05) is 24.2 Å². The predicted molar refractivity (Wildman–Crippen MR) is 105 cm³/mol. The molecule has 0 N–H and O–H groups in total. The average Bonchev–Trinajstić information content (AvgIpc) is 3.24. The van der Waals surface area contributed by atoms with E-state index in [1.165, 1.54) is 0 Å². The van der Waals surface area contributed by atoms with Gasteiger partial charge in [0.2, 0.25) is 11.7 Å². The molecule has 1 fully saturated rings. The Morgan fingerprint density at radius 3 is 2.82 bits per heavy atom. The van der Waals surface area contributed by atoms with Crippen LogP contribution in [0.2, 0.25) is 0 Å². The van der Waals surface area contributed by atoms with Crippen molar-refractivity contribution in [1.29, 1.82) is 0 Å². The topological polar surface area (TPSA) is 68.5 Å². The van der Waals surface area contributed by atoms with Crippen LogP contribution in [0, 0.1) is 6.92 Å². The second-order valence-electron chi connectivity index (χ2n) is 7.14. The van der Waals surface area contributed by atoms with Crippen LogP contribution in [0.4, 0.5) is 0 Å². The number of carbonyl (C=O) groups excluding carboxylic acids is 1. The van der Waals surface area contributed by atoms with Gasteiger partial charge in [-0.3, -0.25) is 4.79 Å². The summed E-state index contributed by atoms with van der Waals surface area (Å²) in [7, 11) is 1.63. The molecular formula is C22H23N3O3. The van der Waals surface area contributed by atoms with Gasteiger partial charge in [0.15, 0.2) is 0 Å². The van der Waals surface area contributed by atoms with Crippen LogP contribution in [0.15, 0.2) is 53.1 Å². The van der Waals surface area contributed by atoms with Gasteiger partial charge in [-0.2, -0.15) is 4.98 Å². The van der Waals surface area contributed by atoms with E-state index in [-0.39, 0.29) is 11.8 Å². The quantitative estimate of drug-likeness (QED) is 0.685. The summed E-state index contributed by atoms with van der Waals surface area (Å²) >= 11 is 0. The molecular weight excluding hydrogens is 354 g/mol. The van der Waals surface area contributed by atoms with Crippen LogP contribution >= 0.6 is 0 Å². The molecule has 1 atom stereocenters. The first-order valence-corrected chi connectivity index (χ1v) is 9.48. The van der Waals surface area contributed by atoms with E-state index < -0.39 is 0 Å². The van der Waals surface area contributed by atoms with Crippen LogP contribution < -0.4 is 4.74 Å². The Kier molecular flexibility index (Phi) is 5.10. The molecule has 0 saturated carbocycles. The zero-order valence-corrected chi connectivity index (χ0v) is 16.1. The molecule has 144 valence electrons. The molecule has 1 saturated heterocycles. The number of hydrogen-bond acceptors (Lipinski definition) is 5. The van der Waals surface area contributed by atoms with Crippen molar-refractivity contribution in [3.63, 3.8) is 0 Å². The number of benzene rings is 2. The Morgan fingerprint density at radius 2 is 2.04 bits per heavy atom. The monoisotopic (exact) mass is 377 g/mol. The van der Waals surface area contributed by atoms with E-state index in [1.807, 2.05) is 60.4 Å². The number of aryl methyl sites for hydroxylation is 1. The summed E-state index contributed by atoms with van der Waals surface area (Å²) in [4.78, 5) is 19.3. The van der Waals surface area contributed by atoms with Crippen molar-refractivity contribution in [2.75, 3.05) is 20.2 Å². The number of nitrogens with zero attached hydrogens (tertiary/aromatic N) is 3. The molecule has 2 heterocycles. The lowest BCUT2D eigenvalue weighted by Gasteiger charge is -2.31. The molecule has 0 unspecified atom stereocenters. The summed E-state index contributed by atoms with van der Waals surface area (Å²) in [6.07, 6.45) is 1.84. The molecule has 0 aliphatic carbocycles. The van der Waals surface area contributed by atoms with E-state index in [1.54, 1.807) is 7.11 Å². The van der Waals surface area contributed by atoms with Gasteiger partial charge in [-0.1, -0.05) is 35.0 Å². The number of amides is 1. The van der Waals surface area contributed by atoms with E-state index in [4.69, 9.17) is 9.26 Å². The van der Waals surface area contributed by atoms with Crippen molar-refractivity contribution in [3.8, 4) is 17.1 Å². The Bertz CT molecular complexity index is 965. The maximum atomic E-state index is 12.8. The van der Waals surface area contributed by atoms with Crippen molar-refractivity contribution in [2.45, 2.75) is 25.7 Å². The minimum atomic E-state index is 0.0509. The fourth-order valence-corrected chi connectivity index (χ4v) is 3.52. The van der Waals surface area contributed by atoms with E-state index in [0.29, 0.717) is 23.8 Å². The molecule has 3 aromatic rings. The van der Waals surface area contributed by atoms with Crippen LogP contribution in [0.1, 0.15) is 40.6 Å². The molecule has 0 spiro atoms. The highest BCUT2D eigenvalue weighted by atomic mass is 16.5. The van der Waals surface area contributed by atoms with Gasteiger partial charge >= 0.3 is 0 Å². The predicted octanol–water partition coefficient (Wildman–Crippen LogP) is 4.07. The van der Waals surface area contributed by atoms with Crippen molar-refractivity contribution in [2.24, 2.45) is 0 Å². The smallest absolute Gasteiger partial charge is 0.253 e. The average molecular weight is 377 g/mol. The van der Waals surface area contributed by atoms with Crippen LogP contribution in [0.3, 0.4) is 0 Å². The highest BCUT2D eigenvalue weighted by Gasteiger charge is 2.29. The first kappa shape index (κ1) is 18.2. The Balaban J connectivity index is 1.49. The van der Waals surface area contributed by atoms with Gasteiger partial charge < -0.3 is 14.2 Å². The third-order valence-electron chi connectivity index (χ3n) is 5.13. The number of carbonyl (C=O) groups is 1. The van der Waals surface area contributed by atoms with Gasteiger partial charge in [-0.15, -0.1) is 0 Å².